The summed E-state index contributed by atoms with van der Waals surface area (Å²) in [5, 5.41) is 6.19. The average Bonchev–Trinajstić information content (AvgIpc) is 2.47. The first-order valence-electron chi connectivity index (χ1n) is 6.31. The van der Waals surface area contributed by atoms with Crippen LogP contribution in [0.5, 0.6) is 0 Å². The molecule has 0 bridgehead atoms. The fraction of sp³-hybridized carbons (Fsp3) is 0.125. The molecular formula is C16H16O2Si. The largest absolute Gasteiger partial charge is 0.397 e. The van der Waals surface area contributed by atoms with E-state index in [0.29, 0.717) is 0 Å². The summed E-state index contributed by atoms with van der Waals surface area (Å²) in [6.45, 7) is 0. The Bertz CT molecular complexity index is 666. The molecule has 3 heteroatoms. The highest BCUT2D eigenvalue weighted by Gasteiger charge is 2.19. The number of hydrogen-bond acceptors (Lipinski definition) is 2. The number of rotatable bonds is 3. The molecule has 0 heterocycles. The molecule has 0 N–H and O–H groups in total. The summed E-state index contributed by atoms with van der Waals surface area (Å²) in [5.74, 6) is 0. The molecule has 0 radical (unpaired) electrons. The summed E-state index contributed by atoms with van der Waals surface area (Å²) in [6.07, 6.45) is 0. The van der Waals surface area contributed by atoms with Crippen molar-refractivity contribution in [2.45, 2.75) is 0 Å². The third-order valence-electron chi connectivity index (χ3n) is 3.48. The lowest BCUT2D eigenvalue weighted by Crippen LogP contribution is -2.36. The van der Waals surface area contributed by atoms with Crippen LogP contribution in [0.4, 0.5) is 0 Å². The number of hydrogen-bond donors (Lipinski definition) is 0. The first kappa shape index (κ1) is 12.4. The quantitative estimate of drug-likeness (QED) is 0.537. The van der Waals surface area contributed by atoms with Crippen molar-refractivity contribution in [3.63, 3.8) is 0 Å². The Hall–Kier alpha value is -1.68. The Labute approximate surface area is 114 Å². The SMILES string of the molecule is CO[SiH](OC)c1c2ccccc2cc2ccccc12. The molecule has 96 valence electrons. The van der Waals surface area contributed by atoms with Gasteiger partial charge in [-0.25, -0.2) is 0 Å². The summed E-state index contributed by atoms with van der Waals surface area (Å²) in [6, 6.07) is 19.1. The van der Waals surface area contributed by atoms with Gasteiger partial charge in [-0.2, -0.15) is 0 Å². The van der Waals surface area contributed by atoms with Crippen LogP contribution in [0.1, 0.15) is 0 Å². The Morgan fingerprint density at radius 2 is 1.21 bits per heavy atom. The van der Waals surface area contributed by atoms with Gasteiger partial charge in [0.1, 0.15) is 0 Å². The topological polar surface area (TPSA) is 18.5 Å². The van der Waals surface area contributed by atoms with E-state index in [1.54, 1.807) is 14.2 Å². The van der Waals surface area contributed by atoms with Crippen LogP contribution in [-0.2, 0) is 8.85 Å². The molecule has 19 heavy (non-hydrogen) atoms. The van der Waals surface area contributed by atoms with Crippen molar-refractivity contribution < 1.29 is 8.85 Å². The van der Waals surface area contributed by atoms with E-state index in [4.69, 9.17) is 8.85 Å². The first-order chi connectivity index (χ1) is 9.35. The Morgan fingerprint density at radius 1 is 0.737 bits per heavy atom. The second-order valence-electron chi connectivity index (χ2n) is 4.54. The van der Waals surface area contributed by atoms with Gasteiger partial charge in [-0.15, -0.1) is 0 Å². The van der Waals surface area contributed by atoms with E-state index in [1.807, 2.05) is 0 Å². The predicted octanol–water partition coefficient (Wildman–Crippen LogP) is 2.71. The molecule has 0 aliphatic carbocycles. The summed E-state index contributed by atoms with van der Waals surface area (Å²) in [5.41, 5.74) is 0. The lowest BCUT2D eigenvalue weighted by Gasteiger charge is -2.17. The molecule has 0 aliphatic heterocycles. The van der Waals surface area contributed by atoms with Gasteiger partial charge in [-0.05, 0) is 27.6 Å². The van der Waals surface area contributed by atoms with Crippen molar-refractivity contribution in [1.29, 1.82) is 0 Å². The molecule has 3 aromatic rings. The molecule has 0 fully saturated rings. The highest BCUT2D eigenvalue weighted by Crippen LogP contribution is 2.21. The second kappa shape index (κ2) is 5.13. The van der Waals surface area contributed by atoms with Gasteiger partial charge in [0.05, 0.1) is 0 Å². The Balaban J connectivity index is 2.45. The standard InChI is InChI=1S/C16H16O2Si/c1-17-19(18-2)16-14-9-5-3-7-12(14)11-13-8-4-6-10-15(13)16/h3-11,19H,1-2H3. The lowest BCUT2D eigenvalue weighted by molar-refractivity contribution is 0.292. The van der Waals surface area contributed by atoms with Gasteiger partial charge in [0.25, 0.3) is 0 Å². The van der Waals surface area contributed by atoms with Crippen LogP contribution < -0.4 is 5.19 Å². The molecule has 0 amide bonds. The minimum absolute atomic E-state index is 1.23. The normalized spacial score (nSPS) is 11.5. The zero-order valence-electron chi connectivity index (χ0n) is 11.1. The van der Waals surface area contributed by atoms with Crippen LogP contribution in [0, 0.1) is 0 Å². The summed E-state index contributed by atoms with van der Waals surface area (Å²) in [4.78, 5) is 0. The molecule has 0 atom stereocenters. The molecule has 0 spiro atoms. The summed E-state index contributed by atoms with van der Waals surface area (Å²) in [7, 11) is 1.62. The van der Waals surface area contributed by atoms with Gasteiger partial charge < -0.3 is 8.85 Å². The van der Waals surface area contributed by atoms with Gasteiger partial charge in [0.2, 0.25) is 0 Å². The van der Waals surface area contributed by atoms with Crippen molar-refractivity contribution in [3.8, 4) is 0 Å². The lowest BCUT2D eigenvalue weighted by atomic mass is 10.0. The van der Waals surface area contributed by atoms with Gasteiger partial charge in [0, 0.05) is 19.4 Å². The van der Waals surface area contributed by atoms with E-state index in [1.165, 1.54) is 26.7 Å². The molecule has 0 aromatic heterocycles. The smallest absolute Gasteiger partial charge is 0.356 e. The first-order valence-corrected chi connectivity index (χ1v) is 7.83. The minimum Gasteiger partial charge on any atom is -0.397 e. The summed E-state index contributed by atoms with van der Waals surface area (Å²) < 4.78 is 11.2. The molecule has 0 unspecified atom stereocenters. The van der Waals surface area contributed by atoms with Crippen LogP contribution >= 0.6 is 0 Å². The van der Waals surface area contributed by atoms with E-state index < -0.39 is 9.28 Å². The minimum atomic E-state index is -1.85. The van der Waals surface area contributed by atoms with E-state index in [2.05, 4.69) is 54.6 Å². The average molecular weight is 268 g/mol. The third-order valence-corrected chi connectivity index (χ3v) is 5.43. The fourth-order valence-corrected chi connectivity index (χ4v) is 4.33. The fourth-order valence-electron chi connectivity index (χ4n) is 2.63. The number of fused-ring (bicyclic) bond motifs is 2. The van der Waals surface area contributed by atoms with Gasteiger partial charge in [-0.3, -0.25) is 0 Å². The van der Waals surface area contributed by atoms with Crippen molar-refractivity contribution in [2.24, 2.45) is 0 Å². The maximum Gasteiger partial charge on any atom is 0.356 e. The molecule has 2 nitrogen and oxygen atoms in total. The maximum absolute atomic E-state index is 5.62. The zero-order valence-corrected chi connectivity index (χ0v) is 12.2. The number of benzene rings is 3. The van der Waals surface area contributed by atoms with Crippen molar-refractivity contribution >= 4 is 36.0 Å². The van der Waals surface area contributed by atoms with E-state index >= 15 is 0 Å². The molecular weight excluding hydrogens is 252 g/mol. The van der Waals surface area contributed by atoms with Crippen LogP contribution in [0.15, 0.2) is 54.6 Å². The summed E-state index contributed by atoms with van der Waals surface area (Å²) >= 11 is 0. The third kappa shape index (κ3) is 2.06. The highest BCUT2D eigenvalue weighted by atomic mass is 28.3. The van der Waals surface area contributed by atoms with Crippen molar-refractivity contribution in [3.05, 3.63) is 54.6 Å². The molecule has 0 aliphatic rings. The zero-order chi connectivity index (χ0) is 13.2. The van der Waals surface area contributed by atoms with Crippen LogP contribution in [0.25, 0.3) is 21.5 Å². The van der Waals surface area contributed by atoms with Crippen LogP contribution in [0.2, 0.25) is 0 Å². The second-order valence-corrected chi connectivity index (χ2v) is 6.72. The predicted molar refractivity (Wildman–Crippen MR) is 82.3 cm³/mol. The monoisotopic (exact) mass is 268 g/mol. The van der Waals surface area contributed by atoms with E-state index in [9.17, 15) is 0 Å². The van der Waals surface area contributed by atoms with Crippen LogP contribution in [0.3, 0.4) is 0 Å². The molecule has 0 saturated carbocycles. The van der Waals surface area contributed by atoms with Gasteiger partial charge in [0.15, 0.2) is 0 Å². The van der Waals surface area contributed by atoms with Crippen molar-refractivity contribution in [1.82, 2.24) is 0 Å². The van der Waals surface area contributed by atoms with E-state index in [0.717, 1.165) is 0 Å². The van der Waals surface area contributed by atoms with Gasteiger partial charge in [-0.1, -0.05) is 48.5 Å². The Morgan fingerprint density at radius 3 is 1.68 bits per heavy atom. The molecule has 0 saturated heterocycles. The van der Waals surface area contributed by atoms with Crippen molar-refractivity contribution in [2.75, 3.05) is 14.2 Å². The molecule has 3 rings (SSSR count). The van der Waals surface area contributed by atoms with E-state index in [-0.39, 0.29) is 0 Å². The highest BCUT2D eigenvalue weighted by molar-refractivity contribution is 6.67. The maximum atomic E-state index is 5.62. The van der Waals surface area contributed by atoms with Gasteiger partial charge >= 0.3 is 9.28 Å². The Kier molecular flexibility index (Phi) is 3.34. The molecule has 3 aromatic carbocycles. The van der Waals surface area contributed by atoms with Crippen LogP contribution in [-0.4, -0.2) is 23.5 Å².